The Bertz CT molecular complexity index is 749. The molecule has 1 aliphatic carbocycles. The zero-order valence-corrected chi connectivity index (χ0v) is 17.4. The van der Waals surface area contributed by atoms with Crippen molar-refractivity contribution in [1.29, 1.82) is 0 Å². The molecule has 1 saturated carbocycles. The molecule has 0 bridgehead atoms. The van der Waals surface area contributed by atoms with E-state index in [1.54, 1.807) is 45.0 Å². The molecular formula is C20H24BrNO5. The van der Waals surface area contributed by atoms with Gasteiger partial charge < -0.3 is 9.47 Å². The molecule has 27 heavy (non-hydrogen) atoms. The minimum atomic E-state index is -0.694. The Balaban J connectivity index is 1.62. The Hall–Kier alpha value is -1.89. The molecule has 0 radical (unpaired) electrons. The predicted octanol–water partition coefficient (Wildman–Crippen LogP) is 3.96. The van der Waals surface area contributed by atoms with Crippen molar-refractivity contribution in [3.8, 4) is 0 Å². The molecule has 6 nitrogen and oxygen atoms in total. The van der Waals surface area contributed by atoms with Crippen LogP contribution < -0.4 is 0 Å². The summed E-state index contributed by atoms with van der Waals surface area (Å²) in [6, 6.07) is 6.16. The number of ketones is 1. The van der Waals surface area contributed by atoms with Crippen molar-refractivity contribution in [1.82, 2.24) is 4.90 Å². The summed E-state index contributed by atoms with van der Waals surface area (Å²) < 4.78 is 11.6. The van der Waals surface area contributed by atoms with E-state index >= 15 is 0 Å². The monoisotopic (exact) mass is 437 g/mol. The van der Waals surface area contributed by atoms with Gasteiger partial charge in [-0.2, -0.15) is 0 Å². The average molecular weight is 438 g/mol. The van der Waals surface area contributed by atoms with Crippen molar-refractivity contribution in [3.63, 3.8) is 0 Å². The number of esters is 1. The second-order valence-corrected chi connectivity index (χ2v) is 9.28. The van der Waals surface area contributed by atoms with Gasteiger partial charge in [0.2, 0.25) is 0 Å². The van der Waals surface area contributed by atoms with E-state index in [-0.39, 0.29) is 17.8 Å². The minimum absolute atomic E-state index is 0.0102. The molecule has 2 fully saturated rings. The molecule has 0 N–H and O–H groups in total. The highest BCUT2D eigenvalue weighted by molar-refractivity contribution is 9.10. The summed E-state index contributed by atoms with van der Waals surface area (Å²) in [5, 5.41) is 0. The molecule has 1 spiro atoms. The summed E-state index contributed by atoms with van der Waals surface area (Å²) in [7, 11) is 0. The summed E-state index contributed by atoms with van der Waals surface area (Å²) in [5.41, 5.74) is -0.154. The predicted molar refractivity (Wildman–Crippen MR) is 102 cm³/mol. The SMILES string of the molecule is CC(C)(C)OC(=O)N1CC2(CC2)C[C@H]1C(=O)OCC(=O)c1ccc(Br)cc1. The van der Waals surface area contributed by atoms with Gasteiger partial charge in [0.15, 0.2) is 12.4 Å². The largest absolute Gasteiger partial charge is 0.456 e. The molecule has 146 valence electrons. The van der Waals surface area contributed by atoms with Crippen molar-refractivity contribution in [2.75, 3.05) is 13.2 Å². The lowest BCUT2D eigenvalue weighted by Crippen LogP contribution is -2.44. The van der Waals surface area contributed by atoms with E-state index in [4.69, 9.17) is 9.47 Å². The zero-order chi connectivity index (χ0) is 19.8. The number of nitrogens with zero attached hydrogens (tertiary/aromatic N) is 1. The molecule has 1 aromatic rings. The fraction of sp³-hybridized carbons (Fsp3) is 0.550. The molecule has 7 heteroatoms. The first-order valence-electron chi connectivity index (χ1n) is 9.04. The summed E-state index contributed by atoms with van der Waals surface area (Å²) in [5.74, 6) is -0.825. The Morgan fingerprint density at radius 2 is 1.81 bits per heavy atom. The molecule has 0 aromatic heterocycles. The van der Waals surface area contributed by atoms with E-state index in [9.17, 15) is 14.4 Å². The Morgan fingerprint density at radius 1 is 1.19 bits per heavy atom. The van der Waals surface area contributed by atoms with Gasteiger partial charge in [0, 0.05) is 16.6 Å². The molecule has 0 unspecified atom stereocenters. The highest BCUT2D eigenvalue weighted by Gasteiger charge is 2.56. The van der Waals surface area contributed by atoms with Gasteiger partial charge in [-0.15, -0.1) is 0 Å². The van der Waals surface area contributed by atoms with E-state index in [2.05, 4.69) is 15.9 Å². The van der Waals surface area contributed by atoms with E-state index in [0.29, 0.717) is 18.5 Å². The number of Topliss-reactive ketones (excluding diaryl/α,β-unsaturated/α-hetero) is 1. The molecule has 2 aliphatic rings. The maximum absolute atomic E-state index is 12.6. The van der Waals surface area contributed by atoms with Gasteiger partial charge in [0.25, 0.3) is 0 Å². The molecule has 1 aromatic carbocycles. The Labute approximate surface area is 167 Å². The number of rotatable bonds is 4. The van der Waals surface area contributed by atoms with Crippen molar-refractivity contribution >= 4 is 33.8 Å². The minimum Gasteiger partial charge on any atom is -0.456 e. The fourth-order valence-electron chi connectivity index (χ4n) is 3.27. The van der Waals surface area contributed by atoms with Crippen LogP contribution in [0.1, 0.15) is 50.4 Å². The molecule has 1 atom stereocenters. The smallest absolute Gasteiger partial charge is 0.411 e. The molecule has 1 heterocycles. The summed E-state index contributed by atoms with van der Waals surface area (Å²) in [4.78, 5) is 38.8. The first kappa shape index (κ1) is 19.9. The number of hydrogen-bond acceptors (Lipinski definition) is 5. The van der Waals surface area contributed by atoms with Crippen molar-refractivity contribution in [2.45, 2.75) is 51.7 Å². The fourth-order valence-corrected chi connectivity index (χ4v) is 3.53. The van der Waals surface area contributed by atoms with Crippen LogP contribution >= 0.6 is 15.9 Å². The second kappa shape index (κ2) is 7.26. The molecular weight excluding hydrogens is 414 g/mol. The first-order chi connectivity index (χ1) is 12.6. The Morgan fingerprint density at radius 3 is 2.37 bits per heavy atom. The average Bonchev–Trinajstić information content (AvgIpc) is 3.21. The third kappa shape index (κ3) is 4.89. The number of ether oxygens (including phenoxy) is 2. The lowest BCUT2D eigenvalue weighted by molar-refractivity contribution is -0.147. The van der Waals surface area contributed by atoms with Crippen LogP contribution in [0.25, 0.3) is 0 Å². The van der Waals surface area contributed by atoms with Crippen LogP contribution in [0.2, 0.25) is 0 Å². The van der Waals surface area contributed by atoms with Gasteiger partial charge in [-0.3, -0.25) is 9.69 Å². The van der Waals surface area contributed by atoms with Gasteiger partial charge >= 0.3 is 12.1 Å². The van der Waals surface area contributed by atoms with E-state index in [1.165, 1.54) is 4.90 Å². The third-order valence-corrected chi connectivity index (χ3v) is 5.41. The van der Waals surface area contributed by atoms with Gasteiger partial charge in [0.1, 0.15) is 11.6 Å². The molecule has 1 saturated heterocycles. The maximum Gasteiger partial charge on any atom is 0.411 e. The summed E-state index contributed by atoms with van der Waals surface area (Å²) in [6.45, 7) is 5.53. The van der Waals surface area contributed by atoms with Crippen molar-refractivity contribution in [3.05, 3.63) is 34.3 Å². The van der Waals surface area contributed by atoms with Crippen molar-refractivity contribution < 1.29 is 23.9 Å². The third-order valence-electron chi connectivity index (χ3n) is 4.88. The van der Waals surface area contributed by atoms with E-state index in [0.717, 1.165) is 17.3 Å². The molecule has 3 rings (SSSR count). The normalized spacial score (nSPS) is 20.4. The topological polar surface area (TPSA) is 72.9 Å². The van der Waals surface area contributed by atoms with Crippen molar-refractivity contribution in [2.24, 2.45) is 5.41 Å². The number of carbonyl (C=O) groups is 3. The molecule has 1 aliphatic heterocycles. The lowest BCUT2D eigenvalue weighted by atomic mass is 10.0. The van der Waals surface area contributed by atoms with E-state index < -0.39 is 23.7 Å². The van der Waals surface area contributed by atoms with Crippen LogP contribution in [0.4, 0.5) is 4.79 Å². The van der Waals surface area contributed by atoms with Gasteiger partial charge in [0.05, 0.1) is 0 Å². The summed E-state index contributed by atoms with van der Waals surface area (Å²) in [6.07, 6.45) is 2.05. The van der Waals surface area contributed by atoms with Gasteiger partial charge in [-0.25, -0.2) is 9.59 Å². The summed E-state index contributed by atoms with van der Waals surface area (Å²) >= 11 is 3.31. The zero-order valence-electron chi connectivity index (χ0n) is 15.8. The van der Waals surface area contributed by atoms with E-state index in [1.807, 2.05) is 0 Å². The van der Waals surface area contributed by atoms with Crippen LogP contribution in [0.3, 0.4) is 0 Å². The number of hydrogen-bond donors (Lipinski definition) is 0. The van der Waals surface area contributed by atoms with Crippen LogP contribution in [-0.2, 0) is 14.3 Å². The quantitative estimate of drug-likeness (QED) is 0.526. The van der Waals surface area contributed by atoms with Gasteiger partial charge in [-0.05, 0) is 57.6 Å². The van der Waals surface area contributed by atoms with Crippen LogP contribution in [0.5, 0.6) is 0 Å². The van der Waals surface area contributed by atoms with Crippen LogP contribution in [-0.4, -0.2) is 47.5 Å². The first-order valence-corrected chi connectivity index (χ1v) is 9.83. The number of likely N-dealkylation sites (tertiary alicyclic amines) is 1. The second-order valence-electron chi connectivity index (χ2n) is 8.37. The lowest BCUT2D eigenvalue weighted by Gasteiger charge is -2.27. The highest BCUT2D eigenvalue weighted by Crippen LogP contribution is 2.55. The number of benzene rings is 1. The molecule has 1 amide bonds. The van der Waals surface area contributed by atoms with Crippen LogP contribution in [0.15, 0.2) is 28.7 Å². The Kier molecular flexibility index (Phi) is 5.34. The standard InChI is InChI=1S/C20H24BrNO5/c1-19(2,3)27-18(25)22-12-20(8-9-20)10-15(22)17(24)26-11-16(23)13-4-6-14(21)7-5-13/h4-7,15H,8-12H2,1-3H3/t15-/m0/s1. The number of carbonyl (C=O) groups excluding carboxylic acids is 3. The number of amides is 1. The van der Waals surface area contributed by atoms with Crippen LogP contribution in [0, 0.1) is 5.41 Å². The highest BCUT2D eigenvalue weighted by atomic mass is 79.9. The number of halogens is 1. The van der Waals surface area contributed by atoms with Gasteiger partial charge in [-0.1, -0.05) is 28.1 Å². The maximum atomic E-state index is 12.6.